The minimum absolute atomic E-state index is 0.0134. The number of halogens is 3. The molecule has 1 aliphatic heterocycles. The van der Waals surface area contributed by atoms with Gasteiger partial charge in [-0.15, -0.1) is 0 Å². The quantitative estimate of drug-likeness (QED) is 0.506. The van der Waals surface area contributed by atoms with Gasteiger partial charge in [0.15, 0.2) is 6.04 Å². The fraction of sp³-hybridized carbons (Fsp3) is 0.304. The fourth-order valence-corrected chi connectivity index (χ4v) is 3.88. The van der Waals surface area contributed by atoms with E-state index in [4.69, 9.17) is 4.74 Å². The van der Waals surface area contributed by atoms with Crippen LogP contribution in [0.2, 0.25) is 0 Å². The van der Waals surface area contributed by atoms with Gasteiger partial charge in [0.05, 0.1) is 25.5 Å². The monoisotopic (exact) mass is 460 g/mol. The van der Waals surface area contributed by atoms with Gasteiger partial charge in [-0.3, -0.25) is 4.79 Å². The highest BCUT2D eigenvalue weighted by Crippen LogP contribution is 2.44. The zero-order valence-corrected chi connectivity index (χ0v) is 17.9. The van der Waals surface area contributed by atoms with Gasteiger partial charge in [0.1, 0.15) is 17.1 Å². The molecule has 1 unspecified atom stereocenters. The van der Waals surface area contributed by atoms with Gasteiger partial charge in [-0.25, -0.2) is 4.68 Å². The number of anilines is 2. The van der Waals surface area contributed by atoms with Crippen LogP contribution in [0.1, 0.15) is 53.0 Å². The molecule has 3 aromatic rings. The first-order valence-electron chi connectivity index (χ1n) is 10.3. The van der Waals surface area contributed by atoms with Crippen LogP contribution in [-0.2, 0) is 0 Å². The van der Waals surface area contributed by atoms with E-state index in [-0.39, 0.29) is 17.8 Å². The molecule has 2 heterocycles. The van der Waals surface area contributed by atoms with Crippen molar-refractivity contribution in [2.45, 2.75) is 37.7 Å². The molecule has 0 bridgehead atoms. The average Bonchev–Trinajstić information content (AvgIpc) is 3.22. The standard InChI is InChI=1S/C23H23F3N4O3/c1-13(31)14-5-3-7-16(9-14)28-22(32)18-12-27-30-20(23(24,25)26)11-19(29-21(18)30)15-6-4-8-17(10-15)33-2/h3-10,12-13,19-20,29,31H,11H2,1-2H3,(H,28,32)/t13?,19-,20+/m1/s1. The summed E-state index contributed by atoms with van der Waals surface area (Å²) in [4.78, 5) is 13.0. The summed E-state index contributed by atoms with van der Waals surface area (Å²) in [7, 11) is 1.48. The number of carbonyl (C=O) groups excluding carboxylic acids is 1. The number of carbonyl (C=O) groups is 1. The molecule has 174 valence electrons. The number of alkyl halides is 3. The molecule has 3 N–H and O–H groups in total. The molecule has 0 saturated carbocycles. The molecule has 0 aliphatic carbocycles. The summed E-state index contributed by atoms with van der Waals surface area (Å²) in [5.41, 5.74) is 1.59. The largest absolute Gasteiger partial charge is 0.497 e. The molecule has 0 radical (unpaired) electrons. The number of hydrogen-bond donors (Lipinski definition) is 3. The highest BCUT2D eigenvalue weighted by Gasteiger charge is 2.47. The molecular weight excluding hydrogens is 437 g/mol. The van der Waals surface area contributed by atoms with Crippen molar-refractivity contribution in [2.24, 2.45) is 0 Å². The third-order valence-corrected chi connectivity index (χ3v) is 5.61. The number of amides is 1. The number of aromatic nitrogens is 2. The van der Waals surface area contributed by atoms with Crippen LogP contribution in [0, 0.1) is 0 Å². The first-order chi connectivity index (χ1) is 15.7. The summed E-state index contributed by atoms with van der Waals surface area (Å²) >= 11 is 0. The van der Waals surface area contributed by atoms with Crippen molar-refractivity contribution in [3.05, 3.63) is 71.4 Å². The minimum atomic E-state index is -4.56. The Balaban J connectivity index is 1.67. The number of nitrogens with one attached hydrogen (secondary N) is 2. The number of rotatable bonds is 5. The second-order valence-corrected chi connectivity index (χ2v) is 7.87. The number of methoxy groups -OCH3 is 1. The van der Waals surface area contributed by atoms with Crippen LogP contribution in [-0.4, -0.2) is 34.1 Å². The van der Waals surface area contributed by atoms with Crippen LogP contribution in [0.25, 0.3) is 0 Å². The number of hydrogen-bond acceptors (Lipinski definition) is 5. The first-order valence-corrected chi connectivity index (χ1v) is 10.3. The van der Waals surface area contributed by atoms with Crippen LogP contribution >= 0.6 is 0 Å². The lowest BCUT2D eigenvalue weighted by molar-refractivity contribution is -0.173. The van der Waals surface area contributed by atoms with Crippen molar-refractivity contribution >= 4 is 17.4 Å². The van der Waals surface area contributed by atoms with Crippen molar-refractivity contribution in [3.63, 3.8) is 0 Å². The van der Waals surface area contributed by atoms with Gasteiger partial charge >= 0.3 is 6.18 Å². The number of fused-ring (bicyclic) bond motifs is 1. The Labute approximate surface area is 188 Å². The predicted molar refractivity (Wildman–Crippen MR) is 116 cm³/mol. The molecule has 1 aromatic heterocycles. The summed E-state index contributed by atoms with van der Waals surface area (Å²) in [6.07, 6.45) is -4.45. The number of ether oxygens (including phenoxy) is 1. The zero-order valence-electron chi connectivity index (χ0n) is 17.9. The normalized spacial score (nSPS) is 18.7. The minimum Gasteiger partial charge on any atom is -0.497 e. The number of aliphatic hydroxyl groups excluding tert-OH is 1. The lowest BCUT2D eigenvalue weighted by Crippen LogP contribution is -2.36. The molecule has 2 aromatic carbocycles. The van der Waals surface area contributed by atoms with Crippen LogP contribution < -0.4 is 15.4 Å². The summed E-state index contributed by atoms with van der Waals surface area (Å²) in [5, 5.41) is 19.4. The Bertz CT molecular complexity index is 1160. The second-order valence-electron chi connectivity index (χ2n) is 7.87. The zero-order chi connectivity index (χ0) is 23.8. The summed E-state index contributed by atoms with van der Waals surface area (Å²) in [6.45, 7) is 1.59. The summed E-state index contributed by atoms with van der Waals surface area (Å²) in [6, 6.07) is 10.8. The van der Waals surface area contributed by atoms with Gasteiger partial charge in [0.25, 0.3) is 5.91 Å². The van der Waals surface area contributed by atoms with Crippen molar-refractivity contribution in [2.75, 3.05) is 17.7 Å². The third-order valence-electron chi connectivity index (χ3n) is 5.61. The van der Waals surface area contributed by atoms with Gasteiger partial charge < -0.3 is 20.5 Å². The molecular formula is C23H23F3N4O3. The SMILES string of the molecule is COc1cccc([C@H]2C[C@@H](C(F)(F)F)n3ncc(C(=O)Nc4cccc(C(C)O)c4)c3N2)c1. The lowest BCUT2D eigenvalue weighted by atomic mass is 9.96. The maximum Gasteiger partial charge on any atom is 0.410 e. The topological polar surface area (TPSA) is 88.4 Å². The Kier molecular flexibility index (Phi) is 6.03. The smallest absolute Gasteiger partial charge is 0.410 e. The van der Waals surface area contributed by atoms with Crippen molar-refractivity contribution in [1.82, 2.24) is 9.78 Å². The molecule has 3 atom stereocenters. The first kappa shape index (κ1) is 22.7. The van der Waals surface area contributed by atoms with Crippen molar-refractivity contribution in [3.8, 4) is 5.75 Å². The van der Waals surface area contributed by atoms with Crippen LogP contribution in [0.3, 0.4) is 0 Å². The van der Waals surface area contributed by atoms with Crippen LogP contribution in [0.4, 0.5) is 24.7 Å². The van der Waals surface area contributed by atoms with E-state index in [0.29, 0.717) is 22.6 Å². The fourth-order valence-electron chi connectivity index (χ4n) is 3.88. The van der Waals surface area contributed by atoms with Crippen molar-refractivity contribution in [1.29, 1.82) is 0 Å². The maximum absolute atomic E-state index is 13.9. The predicted octanol–water partition coefficient (Wildman–Crippen LogP) is 4.86. The molecule has 0 saturated heterocycles. The van der Waals surface area contributed by atoms with E-state index < -0.39 is 30.3 Å². The lowest BCUT2D eigenvalue weighted by Gasteiger charge is -2.34. The molecule has 1 aliphatic rings. The Morgan fingerprint density at radius 3 is 2.73 bits per heavy atom. The number of nitrogens with zero attached hydrogens (tertiary/aromatic N) is 2. The van der Waals surface area contributed by atoms with Gasteiger partial charge in [-0.05, 0) is 42.3 Å². The number of aliphatic hydroxyl groups is 1. The third kappa shape index (κ3) is 4.65. The van der Waals surface area contributed by atoms with Gasteiger partial charge in [-0.2, -0.15) is 18.3 Å². The highest BCUT2D eigenvalue weighted by molar-refractivity contribution is 6.07. The summed E-state index contributed by atoms with van der Waals surface area (Å²) < 4.78 is 47.7. The molecule has 7 nitrogen and oxygen atoms in total. The second kappa shape index (κ2) is 8.78. The molecule has 0 fully saturated rings. The average molecular weight is 460 g/mol. The molecule has 0 spiro atoms. The van der Waals surface area contributed by atoms with E-state index in [1.54, 1.807) is 55.5 Å². The van der Waals surface area contributed by atoms with Gasteiger partial charge in [-0.1, -0.05) is 24.3 Å². The van der Waals surface area contributed by atoms with Gasteiger partial charge in [0.2, 0.25) is 0 Å². The van der Waals surface area contributed by atoms with E-state index in [2.05, 4.69) is 15.7 Å². The Hall–Kier alpha value is -3.53. The summed E-state index contributed by atoms with van der Waals surface area (Å²) in [5.74, 6) is -0.104. The molecule has 4 rings (SSSR count). The van der Waals surface area contributed by atoms with Gasteiger partial charge in [0, 0.05) is 12.1 Å². The molecule has 10 heteroatoms. The Morgan fingerprint density at radius 2 is 2.03 bits per heavy atom. The molecule has 33 heavy (non-hydrogen) atoms. The molecule has 1 amide bonds. The van der Waals surface area contributed by atoms with E-state index in [9.17, 15) is 23.1 Å². The van der Waals surface area contributed by atoms with Crippen molar-refractivity contribution < 1.29 is 27.8 Å². The van der Waals surface area contributed by atoms with E-state index in [1.807, 2.05) is 0 Å². The van der Waals surface area contributed by atoms with E-state index in [1.165, 1.54) is 7.11 Å². The van der Waals surface area contributed by atoms with E-state index >= 15 is 0 Å². The van der Waals surface area contributed by atoms with Crippen LogP contribution in [0.15, 0.2) is 54.7 Å². The highest BCUT2D eigenvalue weighted by atomic mass is 19.4. The Morgan fingerprint density at radius 1 is 1.27 bits per heavy atom. The van der Waals surface area contributed by atoms with E-state index in [0.717, 1.165) is 10.9 Å². The number of benzene rings is 2. The van der Waals surface area contributed by atoms with Crippen LogP contribution in [0.5, 0.6) is 5.75 Å². The maximum atomic E-state index is 13.9.